The molecule has 1 fully saturated rings. The molecule has 0 saturated carbocycles. The van der Waals surface area contributed by atoms with Crippen LogP contribution in [0.2, 0.25) is 5.02 Å². The molecule has 2 unspecified atom stereocenters. The van der Waals surface area contributed by atoms with E-state index in [1.54, 1.807) is 6.92 Å². The number of piperidine rings is 1. The number of hydrogen-bond acceptors (Lipinski definition) is 3. The van der Waals surface area contributed by atoms with Gasteiger partial charge in [0.25, 0.3) is 0 Å². The average molecular weight is 283 g/mol. The first-order valence-corrected chi connectivity index (χ1v) is 6.88. The molecule has 2 rings (SSSR count). The molecule has 1 saturated heterocycles. The molecule has 1 aliphatic heterocycles. The molecule has 1 aliphatic rings. The van der Waals surface area contributed by atoms with Crippen LogP contribution in [0, 0.1) is 5.92 Å². The highest BCUT2D eigenvalue weighted by molar-refractivity contribution is 6.31. The fourth-order valence-corrected chi connectivity index (χ4v) is 2.83. The van der Waals surface area contributed by atoms with Gasteiger partial charge in [0.1, 0.15) is 0 Å². The van der Waals surface area contributed by atoms with E-state index in [0.717, 1.165) is 25.1 Å². The van der Waals surface area contributed by atoms with E-state index in [-0.39, 0.29) is 11.8 Å². The summed E-state index contributed by atoms with van der Waals surface area (Å²) in [6.07, 6.45) is 1.22. The fraction of sp³-hybridized carbons (Fsp3) is 0.500. The number of carbonyl (C=O) groups is 1. The van der Waals surface area contributed by atoms with Gasteiger partial charge in [0.15, 0.2) is 0 Å². The number of amides is 1. The van der Waals surface area contributed by atoms with Gasteiger partial charge < -0.3 is 15.7 Å². The minimum absolute atomic E-state index is 0.0935. The Hall–Kier alpha value is -1.26. The summed E-state index contributed by atoms with van der Waals surface area (Å²) < 4.78 is 0. The lowest BCUT2D eigenvalue weighted by atomic mass is 9.97. The number of aliphatic hydroxyl groups excluding tert-OH is 1. The van der Waals surface area contributed by atoms with E-state index in [9.17, 15) is 9.90 Å². The normalized spacial score (nSPS) is 21.2. The van der Waals surface area contributed by atoms with Gasteiger partial charge in [-0.1, -0.05) is 17.7 Å². The van der Waals surface area contributed by atoms with Crippen LogP contribution < -0.4 is 10.6 Å². The van der Waals surface area contributed by atoms with Gasteiger partial charge >= 0.3 is 0 Å². The SMILES string of the molecule is CC(O)c1ccc(N2CCCC(C(N)=O)C2)cc1Cl. The average Bonchev–Trinajstić information content (AvgIpc) is 2.38. The zero-order valence-corrected chi connectivity index (χ0v) is 11.7. The first-order chi connectivity index (χ1) is 8.99. The standard InChI is InChI=1S/C14H19ClN2O2/c1-9(18)12-5-4-11(7-13(12)15)17-6-2-3-10(8-17)14(16)19/h4-5,7,9-10,18H,2-3,6,8H2,1H3,(H2,16,19). The van der Waals surface area contributed by atoms with Gasteiger partial charge in [-0.15, -0.1) is 0 Å². The molecule has 1 aromatic rings. The molecule has 0 radical (unpaired) electrons. The Morgan fingerprint density at radius 2 is 2.32 bits per heavy atom. The summed E-state index contributed by atoms with van der Waals surface area (Å²) in [5.74, 6) is -0.333. The van der Waals surface area contributed by atoms with Crippen LogP contribution in [0.3, 0.4) is 0 Å². The molecule has 2 atom stereocenters. The van der Waals surface area contributed by atoms with Crippen molar-refractivity contribution >= 4 is 23.2 Å². The molecular formula is C14H19ClN2O2. The minimum Gasteiger partial charge on any atom is -0.389 e. The number of halogens is 1. The van der Waals surface area contributed by atoms with Gasteiger partial charge in [-0.05, 0) is 37.5 Å². The van der Waals surface area contributed by atoms with Crippen molar-refractivity contribution in [2.45, 2.75) is 25.9 Å². The highest BCUT2D eigenvalue weighted by Gasteiger charge is 2.24. The molecule has 4 nitrogen and oxygen atoms in total. The van der Waals surface area contributed by atoms with Crippen LogP contribution in [0.5, 0.6) is 0 Å². The highest BCUT2D eigenvalue weighted by Crippen LogP contribution is 2.30. The van der Waals surface area contributed by atoms with Crippen LogP contribution in [-0.2, 0) is 4.79 Å². The molecule has 0 aromatic heterocycles. The number of anilines is 1. The summed E-state index contributed by atoms with van der Waals surface area (Å²) in [6, 6.07) is 5.60. The Morgan fingerprint density at radius 3 is 2.89 bits per heavy atom. The van der Waals surface area contributed by atoms with E-state index >= 15 is 0 Å². The summed E-state index contributed by atoms with van der Waals surface area (Å²) in [6.45, 7) is 3.22. The second-order valence-corrected chi connectivity index (χ2v) is 5.48. The number of nitrogens with zero attached hydrogens (tertiary/aromatic N) is 1. The number of primary amides is 1. The quantitative estimate of drug-likeness (QED) is 0.892. The lowest BCUT2D eigenvalue weighted by molar-refractivity contribution is -0.122. The van der Waals surface area contributed by atoms with E-state index in [2.05, 4.69) is 4.90 Å². The monoisotopic (exact) mass is 282 g/mol. The third-order valence-electron chi connectivity index (χ3n) is 3.62. The van der Waals surface area contributed by atoms with Crippen molar-refractivity contribution in [3.8, 4) is 0 Å². The van der Waals surface area contributed by atoms with Crippen molar-refractivity contribution in [3.63, 3.8) is 0 Å². The summed E-state index contributed by atoms with van der Waals surface area (Å²) in [5, 5.41) is 10.1. The first kappa shape index (κ1) is 14.2. The second-order valence-electron chi connectivity index (χ2n) is 5.07. The first-order valence-electron chi connectivity index (χ1n) is 6.51. The molecule has 1 amide bonds. The zero-order chi connectivity index (χ0) is 14.0. The molecule has 104 valence electrons. The van der Waals surface area contributed by atoms with Gasteiger partial charge in [-0.3, -0.25) is 4.79 Å². The van der Waals surface area contributed by atoms with Gasteiger partial charge in [0, 0.05) is 23.8 Å². The Balaban J connectivity index is 2.18. The maximum atomic E-state index is 11.3. The molecule has 1 heterocycles. The highest BCUT2D eigenvalue weighted by atomic mass is 35.5. The van der Waals surface area contributed by atoms with Crippen molar-refractivity contribution in [1.82, 2.24) is 0 Å². The molecular weight excluding hydrogens is 264 g/mol. The van der Waals surface area contributed by atoms with Crippen LogP contribution in [0.4, 0.5) is 5.69 Å². The molecule has 0 spiro atoms. The smallest absolute Gasteiger partial charge is 0.222 e. The lowest BCUT2D eigenvalue weighted by Crippen LogP contribution is -2.41. The summed E-state index contributed by atoms with van der Waals surface area (Å²) >= 11 is 6.16. The van der Waals surface area contributed by atoms with Crippen LogP contribution in [0.15, 0.2) is 18.2 Å². The van der Waals surface area contributed by atoms with Gasteiger partial charge in [0.2, 0.25) is 5.91 Å². The molecule has 0 aliphatic carbocycles. The topological polar surface area (TPSA) is 66.6 Å². The number of hydrogen-bond donors (Lipinski definition) is 2. The molecule has 3 N–H and O–H groups in total. The lowest BCUT2D eigenvalue weighted by Gasteiger charge is -2.33. The largest absolute Gasteiger partial charge is 0.389 e. The summed E-state index contributed by atoms with van der Waals surface area (Å²) in [4.78, 5) is 13.4. The third kappa shape index (κ3) is 3.19. The van der Waals surface area contributed by atoms with Crippen molar-refractivity contribution < 1.29 is 9.90 Å². The molecule has 5 heteroatoms. The zero-order valence-electron chi connectivity index (χ0n) is 11.0. The molecule has 0 bridgehead atoms. The summed E-state index contributed by atoms with van der Waals surface area (Å²) in [5.41, 5.74) is 7.07. The summed E-state index contributed by atoms with van der Waals surface area (Å²) in [7, 11) is 0. The van der Waals surface area contributed by atoms with Crippen molar-refractivity contribution in [3.05, 3.63) is 28.8 Å². The van der Waals surface area contributed by atoms with Crippen molar-refractivity contribution in [2.75, 3.05) is 18.0 Å². The van der Waals surface area contributed by atoms with E-state index in [1.165, 1.54) is 0 Å². The third-order valence-corrected chi connectivity index (χ3v) is 3.95. The van der Waals surface area contributed by atoms with Crippen molar-refractivity contribution in [2.24, 2.45) is 11.7 Å². The Morgan fingerprint density at radius 1 is 1.58 bits per heavy atom. The minimum atomic E-state index is -0.582. The van der Waals surface area contributed by atoms with E-state index < -0.39 is 6.10 Å². The van der Waals surface area contributed by atoms with Crippen LogP contribution in [0.1, 0.15) is 31.4 Å². The molecule has 1 aromatic carbocycles. The van der Waals surface area contributed by atoms with Crippen LogP contribution >= 0.6 is 11.6 Å². The Bertz CT molecular complexity index is 477. The Kier molecular flexibility index (Phi) is 4.32. The van der Waals surface area contributed by atoms with Crippen molar-refractivity contribution in [1.29, 1.82) is 0 Å². The number of rotatable bonds is 3. The van der Waals surface area contributed by atoms with Gasteiger partial charge in [-0.2, -0.15) is 0 Å². The van der Waals surface area contributed by atoms with Crippen LogP contribution in [0.25, 0.3) is 0 Å². The number of nitrogens with two attached hydrogens (primary N) is 1. The second kappa shape index (κ2) is 5.80. The number of aliphatic hydroxyl groups is 1. The van der Waals surface area contributed by atoms with E-state index in [0.29, 0.717) is 17.1 Å². The van der Waals surface area contributed by atoms with Gasteiger partial charge in [0.05, 0.1) is 12.0 Å². The number of benzene rings is 1. The number of carbonyl (C=O) groups excluding carboxylic acids is 1. The van der Waals surface area contributed by atoms with Crippen LogP contribution in [-0.4, -0.2) is 24.1 Å². The predicted octanol–water partition coefficient (Wildman–Crippen LogP) is 2.09. The van der Waals surface area contributed by atoms with E-state index in [1.807, 2.05) is 18.2 Å². The predicted molar refractivity (Wildman–Crippen MR) is 76.2 cm³/mol. The van der Waals surface area contributed by atoms with Gasteiger partial charge in [-0.25, -0.2) is 0 Å². The fourth-order valence-electron chi connectivity index (χ4n) is 2.50. The maximum absolute atomic E-state index is 11.3. The molecule has 19 heavy (non-hydrogen) atoms. The van der Waals surface area contributed by atoms with E-state index in [4.69, 9.17) is 17.3 Å². The Labute approximate surface area is 118 Å². The maximum Gasteiger partial charge on any atom is 0.222 e.